The van der Waals surface area contributed by atoms with Crippen LogP contribution in [0, 0.1) is 13.8 Å². The number of halogens is 3. The van der Waals surface area contributed by atoms with Crippen molar-refractivity contribution in [3.8, 4) is 0 Å². The smallest absolute Gasteiger partial charge is 0.156 e. The quantitative estimate of drug-likeness (QED) is 0.402. The zero-order valence-corrected chi connectivity index (χ0v) is 18.9. The monoisotopic (exact) mass is 484 g/mol. The molecule has 0 unspecified atom stereocenters. The first-order valence-electron chi connectivity index (χ1n) is 8.74. The van der Waals surface area contributed by atoms with Gasteiger partial charge in [-0.3, -0.25) is 0 Å². The Morgan fingerprint density at radius 2 is 1.29 bits per heavy atom. The molecule has 0 aliphatic rings. The van der Waals surface area contributed by atoms with Gasteiger partial charge in [0.15, 0.2) is 11.5 Å². The first kappa shape index (κ1) is 24.5. The lowest BCUT2D eigenvalue weighted by atomic mass is 10.4. The van der Waals surface area contributed by atoms with Crippen LogP contribution in [0.3, 0.4) is 0 Å². The molecule has 164 valence electrons. The van der Waals surface area contributed by atoms with Gasteiger partial charge in [0.1, 0.15) is 33.9 Å². The first-order valence-corrected chi connectivity index (χ1v) is 9.88. The normalized spacial score (nSPS) is 9.87. The summed E-state index contributed by atoms with van der Waals surface area (Å²) >= 11 is 16.5. The van der Waals surface area contributed by atoms with E-state index >= 15 is 0 Å². The fourth-order valence-electron chi connectivity index (χ4n) is 1.93. The van der Waals surface area contributed by atoms with E-state index in [2.05, 4.69) is 35.6 Å². The molecule has 0 bridgehead atoms. The Morgan fingerprint density at radius 1 is 0.774 bits per heavy atom. The van der Waals surface area contributed by atoms with E-state index in [0.29, 0.717) is 34.4 Å². The molecule has 0 atom stereocenters. The summed E-state index contributed by atoms with van der Waals surface area (Å²) in [6.45, 7) is 4.69. The van der Waals surface area contributed by atoms with E-state index in [-0.39, 0.29) is 0 Å². The number of hydrogen-bond donors (Lipinski definition) is 2. The third-order valence-electron chi connectivity index (χ3n) is 3.23. The Hall–Kier alpha value is -2.79. The van der Waals surface area contributed by atoms with Gasteiger partial charge in [-0.1, -0.05) is 45.1 Å². The minimum atomic E-state index is 0.366. The number of rotatable bonds is 4. The molecule has 10 nitrogen and oxygen atoms in total. The third-order valence-corrected chi connectivity index (χ3v) is 3.85. The van der Waals surface area contributed by atoms with Crippen molar-refractivity contribution in [2.24, 2.45) is 5.73 Å². The third kappa shape index (κ3) is 9.71. The molecule has 3 N–H and O–H groups in total. The Kier molecular flexibility index (Phi) is 10.1. The van der Waals surface area contributed by atoms with Gasteiger partial charge in [-0.2, -0.15) is 0 Å². The van der Waals surface area contributed by atoms with Crippen molar-refractivity contribution in [2.75, 3.05) is 5.32 Å². The van der Waals surface area contributed by atoms with Crippen molar-refractivity contribution in [3.63, 3.8) is 0 Å². The van der Waals surface area contributed by atoms with Crippen LogP contribution < -0.4 is 11.1 Å². The van der Waals surface area contributed by atoms with Crippen LogP contribution >= 0.6 is 34.8 Å². The topological polar surface area (TPSA) is 142 Å². The Labute approximate surface area is 193 Å². The van der Waals surface area contributed by atoms with E-state index in [4.69, 9.17) is 49.6 Å². The molecular formula is C18H19Cl3N8O2. The Balaban J connectivity index is 0.000000181. The molecule has 13 heteroatoms. The lowest BCUT2D eigenvalue weighted by Gasteiger charge is -2.01. The predicted molar refractivity (Wildman–Crippen MR) is 117 cm³/mol. The maximum absolute atomic E-state index is 5.70. The average Bonchev–Trinajstić information content (AvgIpc) is 3.35. The molecule has 0 aliphatic carbocycles. The highest BCUT2D eigenvalue weighted by Gasteiger charge is 2.01. The molecule has 0 saturated carbocycles. The van der Waals surface area contributed by atoms with Crippen LogP contribution in [-0.2, 0) is 13.1 Å². The van der Waals surface area contributed by atoms with E-state index in [1.165, 1.54) is 18.7 Å². The van der Waals surface area contributed by atoms with Gasteiger partial charge in [0, 0.05) is 24.3 Å². The number of nitrogens with zero attached hydrogens (tertiary/aromatic N) is 6. The van der Waals surface area contributed by atoms with E-state index < -0.39 is 0 Å². The van der Waals surface area contributed by atoms with Crippen LogP contribution in [0.4, 0.5) is 5.82 Å². The van der Waals surface area contributed by atoms with Gasteiger partial charge < -0.3 is 20.1 Å². The zero-order chi connectivity index (χ0) is 22.6. The van der Waals surface area contributed by atoms with Gasteiger partial charge >= 0.3 is 0 Å². The van der Waals surface area contributed by atoms with Crippen molar-refractivity contribution in [3.05, 3.63) is 75.3 Å². The minimum Gasteiger partial charge on any atom is -0.363 e. The van der Waals surface area contributed by atoms with Gasteiger partial charge in [0.05, 0.1) is 24.5 Å². The number of aromatic nitrogens is 6. The van der Waals surface area contributed by atoms with Crippen LogP contribution in [0.25, 0.3) is 0 Å². The lowest BCUT2D eigenvalue weighted by Crippen LogP contribution is -2.00. The van der Waals surface area contributed by atoms with Crippen molar-refractivity contribution in [1.82, 2.24) is 30.2 Å². The molecule has 0 fully saturated rings. The van der Waals surface area contributed by atoms with E-state index in [1.54, 1.807) is 6.07 Å². The molecule has 4 aromatic heterocycles. The van der Waals surface area contributed by atoms with Gasteiger partial charge in [-0.25, -0.2) is 19.9 Å². The number of nitrogens with one attached hydrogen (secondary N) is 1. The lowest BCUT2D eigenvalue weighted by molar-refractivity contribution is 0.381. The summed E-state index contributed by atoms with van der Waals surface area (Å²) in [6, 6.07) is 6.80. The zero-order valence-electron chi connectivity index (χ0n) is 16.6. The summed E-state index contributed by atoms with van der Waals surface area (Å²) in [5, 5.41) is 11.6. The van der Waals surface area contributed by atoms with Crippen molar-refractivity contribution >= 4 is 40.6 Å². The van der Waals surface area contributed by atoms with Crippen LogP contribution in [0.2, 0.25) is 15.5 Å². The SMILES string of the molecule is Cc1cc(CN)on1.Cc1cc(CNc2cc(Cl)ncn2)on1.Clc1cc(Cl)ncn1. The summed E-state index contributed by atoms with van der Waals surface area (Å²) in [6.07, 6.45) is 2.71. The maximum atomic E-state index is 5.70. The van der Waals surface area contributed by atoms with Crippen LogP contribution in [0.5, 0.6) is 0 Å². The largest absolute Gasteiger partial charge is 0.363 e. The van der Waals surface area contributed by atoms with Crippen LogP contribution in [-0.4, -0.2) is 30.2 Å². The molecule has 0 aliphatic heterocycles. The predicted octanol–water partition coefficient (Wildman–Crippen LogP) is 4.26. The van der Waals surface area contributed by atoms with E-state index in [9.17, 15) is 0 Å². The number of aryl methyl sites for hydroxylation is 2. The second-order valence-electron chi connectivity index (χ2n) is 5.82. The van der Waals surface area contributed by atoms with Gasteiger partial charge in [-0.15, -0.1) is 0 Å². The minimum absolute atomic E-state index is 0.366. The van der Waals surface area contributed by atoms with Gasteiger partial charge in [0.25, 0.3) is 0 Å². The number of anilines is 1. The van der Waals surface area contributed by atoms with Gasteiger partial charge in [0.2, 0.25) is 0 Å². The molecule has 0 saturated heterocycles. The Bertz CT molecular complexity index is 1060. The molecule has 0 radical (unpaired) electrons. The summed E-state index contributed by atoms with van der Waals surface area (Å²) in [5.41, 5.74) is 6.96. The molecule has 0 amide bonds. The summed E-state index contributed by atoms with van der Waals surface area (Å²) < 4.78 is 9.77. The van der Waals surface area contributed by atoms with Crippen LogP contribution in [0.15, 0.2) is 46.0 Å². The molecule has 4 heterocycles. The second kappa shape index (κ2) is 12.8. The van der Waals surface area contributed by atoms with E-state index in [1.807, 2.05) is 26.0 Å². The highest BCUT2D eigenvalue weighted by Crippen LogP contribution is 2.10. The van der Waals surface area contributed by atoms with Crippen molar-refractivity contribution < 1.29 is 9.05 Å². The fourth-order valence-corrected chi connectivity index (χ4v) is 2.43. The summed E-state index contributed by atoms with van der Waals surface area (Å²) in [7, 11) is 0. The molecule has 0 aromatic carbocycles. The first-order chi connectivity index (χ1) is 14.9. The molecule has 4 rings (SSSR count). The highest BCUT2D eigenvalue weighted by atomic mass is 35.5. The highest BCUT2D eigenvalue weighted by molar-refractivity contribution is 6.33. The molecule has 4 aromatic rings. The maximum Gasteiger partial charge on any atom is 0.156 e. The number of nitrogens with two attached hydrogens (primary N) is 1. The summed E-state index contributed by atoms with van der Waals surface area (Å²) in [4.78, 5) is 15.0. The van der Waals surface area contributed by atoms with Crippen molar-refractivity contribution in [2.45, 2.75) is 26.9 Å². The average molecular weight is 486 g/mol. The molecule has 0 spiro atoms. The van der Waals surface area contributed by atoms with Gasteiger partial charge in [-0.05, 0) is 13.8 Å². The fraction of sp³-hybridized carbons (Fsp3) is 0.222. The van der Waals surface area contributed by atoms with Crippen molar-refractivity contribution in [1.29, 1.82) is 0 Å². The summed E-state index contributed by atoms with van der Waals surface area (Å²) in [5.74, 6) is 2.15. The standard InChI is InChI=1S/C9H9ClN4O.C5H8N2O.C4H2Cl2N2/c1-6-2-7(15-14-6)4-11-9-3-8(10)12-5-13-9;1-4-2-5(3-6)8-7-4;5-3-1-4(6)8-2-7-3/h2-3,5H,4H2,1H3,(H,11,12,13);2H,3,6H2,1H3;1-2H. The van der Waals surface area contributed by atoms with Crippen LogP contribution in [0.1, 0.15) is 22.9 Å². The second-order valence-corrected chi connectivity index (χ2v) is 6.98. The molecule has 31 heavy (non-hydrogen) atoms. The van der Waals surface area contributed by atoms with E-state index in [0.717, 1.165) is 22.9 Å². The number of hydrogen-bond acceptors (Lipinski definition) is 10. The molecular weight excluding hydrogens is 467 g/mol. The Morgan fingerprint density at radius 3 is 1.68 bits per heavy atom.